The Morgan fingerprint density at radius 1 is 0.632 bits per heavy atom. The minimum absolute atomic E-state index is 0.00157. The van der Waals surface area contributed by atoms with Crippen molar-refractivity contribution < 1.29 is 19.3 Å². The Balaban J connectivity index is 2.01. The summed E-state index contributed by atoms with van der Waals surface area (Å²) in [6, 6.07) is 15.7. The van der Waals surface area contributed by atoms with Crippen molar-refractivity contribution in [1.29, 1.82) is 0 Å². The van der Waals surface area contributed by atoms with Gasteiger partial charge in [0.1, 0.15) is 11.5 Å². The maximum absolute atomic E-state index is 10.9. The highest BCUT2D eigenvalue weighted by Crippen LogP contribution is 2.29. The summed E-state index contributed by atoms with van der Waals surface area (Å²) in [5, 5.41) is 21.9. The highest BCUT2D eigenvalue weighted by atomic mass is 16.6. The van der Waals surface area contributed by atoms with Crippen LogP contribution < -0.4 is 9.47 Å². The Morgan fingerprint density at radius 3 is 1.32 bits per heavy atom. The Labute approximate surface area is 221 Å². The quantitative estimate of drug-likeness (QED) is 0.130. The van der Waals surface area contributed by atoms with E-state index in [0.717, 1.165) is 25.7 Å². The number of unbranched alkanes of at least 4 members (excludes halogenated alkanes) is 2. The van der Waals surface area contributed by atoms with E-state index in [1.165, 1.54) is 24.3 Å². The van der Waals surface area contributed by atoms with Gasteiger partial charge in [0, 0.05) is 47.5 Å². The van der Waals surface area contributed by atoms with Gasteiger partial charge in [-0.1, -0.05) is 50.4 Å². The SMILES string of the molecule is CCCCOc1cc(C#Cc2ccc([N+](=O)[O-])cc2)c(OCCCC)cc1C#Cc1ccc([N+](=O)[O-])cc1. The first kappa shape index (κ1) is 27.8. The van der Waals surface area contributed by atoms with Crippen molar-refractivity contribution in [3.05, 3.63) is 103 Å². The first-order chi connectivity index (χ1) is 18.4. The van der Waals surface area contributed by atoms with E-state index in [2.05, 4.69) is 37.5 Å². The number of hydrogen-bond acceptors (Lipinski definition) is 6. The minimum atomic E-state index is -0.451. The van der Waals surface area contributed by atoms with Crippen molar-refractivity contribution >= 4 is 11.4 Å². The van der Waals surface area contributed by atoms with Crippen LogP contribution in [0.3, 0.4) is 0 Å². The van der Waals surface area contributed by atoms with Gasteiger partial charge < -0.3 is 9.47 Å². The van der Waals surface area contributed by atoms with Crippen LogP contribution in [0.25, 0.3) is 0 Å². The summed E-state index contributed by atoms with van der Waals surface area (Å²) in [7, 11) is 0. The zero-order chi connectivity index (χ0) is 27.3. The summed E-state index contributed by atoms with van der Waals surface area (Å²) in [6.45, 7) is 5.16. The molecular weight excluding hydrogens is 484 g/mol. The second-order valence-electron chi connectivity index (χ2n) is 8.36. The van der Waals surface area contributed by atoms with Crippen molar-refractivity contribution in [1.82, 2.24) is 0 Å². The van der Waals surface area contributed by atoms with Crippen molar-refractivity contribution in [2.24, 2.45) is 0 Å². The number of nitro groups is 2. The van der Waals surface area contributed by atoms with Gasteiger partial charge in [0.2, 0.25) is 0 Å². The van der Waals surface area contributed by atoms with Gasteiger partial charge in [0.05, 0.1) is 34.2 Å². The number of nitrogens with zero attached hydrogens (tertiary/aromatic N) is 2. The van der Waals surface area contributed by atoms with Crippen LogP contribution in [-0.4, -0.2) is 23.1 Å². The third kappa shape index (κ3) is 8.11. The summed E-state index contributed by atoms with van der Waals surface area (Å²) >= 11 is 0. The molecule has 0 N–H and O–H groups in total. The fourth-order valence-corrected chi connectivity index (χ4v) is 3.26. The molecular formula is C30H28N2O6. The number of nitro benzene ring substituents is 2. The van der Waals surface area contributed by atoms with E-state index >= 15 is 0 Å². The molecule has 0 unspecified atom stereocenters. The molecule has 38 heavy (non-hydrogen) atoms. The van der Waals surface area contributed by atoms with Gasteiger partial charge in [-0.2, -0.15) is 0 Å². The molecule has 0 amide bonds. The monoisotopic (exact) mass is 512 g/mol. The number of benzene rings is 3. The lowest BCUT2D eigenvalue weighted by Gasteiger charge is -2.13. The predicted molar refractivity (Wildman–Crippen MR) is 145 cm³/mol. The summed E-state index contributed by atoms with van der Waals surface area (Å²) in [4.78, 5) is 20.9. The van der Waals surface area contributed by atoms with Gasteiger partial charge in [0.25, 0.3) is 11.4 Å². The third-order valence-corrected chi connectivity index (χ3v) is 5.43. The highest BCUT2D eigenvalue weighted by molar-refractivity contribution is 5.61. The van der Waals surface area contributed by atoms with E-state index in [1.807, 2.05) is 0 Å². The molecule has 3 aromatic carbocycles. The third-order valence-electron chi connectivity index (χ3n) is 5.43. The molecule has 0 saturated heterocycles. The largest absolute Gasteiger partial charge is 0.492 e. The van der Waals surface area contributed by atoms with E-state index in [-0.39, 0.29) is 11.4 Å². The molecule has 0 fully saturated rings. The second kappa shape index (κ2) is 14.1. The van der Waals surface area contributed by atoms with Crippen LogP contribution in [0.5, 0.6) is 11.5 Å². The van der Waals surface area contributed by atoms with Crippen LogP contribution in [0.4, 0.5) is 11.4 Å². The number of hydrogen-bond donors (Lipinski definition) is 0. The normalized spacial score (nSPS) is 9.95. The van der Waals surface area contributed by atoms with E-state index in [9.17, 15) is 20.2 Å². The predicted octanol–water partition coefficient (Wildman–Crippen LogP) is 6.66. The van der Waals surface area contributed by atoms with Crippen molar-refractivity contribution in [2.45, 2.75) is 39.5 Å². The molecule has 0 radical (unpaired) electrons. The standard InChI is InChI=1S/C30H28N2O6/c1-3-5-19-37-29-21-26(14-8-24-11-17-28(18-12-24)32(35)36)30(38-20-6-4-2)22-25(29)13-7-23-9-15-27(16-10-23)31(33)34/h9-12,15-18,21-22H,3-6,19-20H2,1-2H3. The van der Waals surface area contributed by atoms with Gasteiger partial charge in [0.15, 0.2) is 0 Å². The molecule has 0 aliphatic heterocycles. The molecule has 8 heteroatoms. The first-order valence-electron chi connectivity index (χ1n) is 12.4. The summed E-state index contributed by atoms with van der Waals surface area (Å²) < 4.78 is 12.1. The Bertz CT molecular complexity index is 1280. The summed E-state index contributed by atoms with van der Waals surface area (Å²) in [5.74, 6) is 13.4. The number of ether oxygens (including phenoxy) is 2. The van der Waals surface area contributed by atoms with E-state index in [4.69, 9.17) is 9.47 Å². The fourth-order valence-electron chi connectivity index (χ4n) is 3.26. The van der Waals surface area contributed by atoms with E-state index < -0.39 is 9.85 Å². The molecule has 0 bridgehead atoms. The maximum Gasteiger partial charge on any atom is 0.269 e. The van der Waals surface area contributed by atoms with Crippen LogP contribution in [0.15, 0.2) is 60.7 Å². The van der Waals surface area contributed by atoms with Crippen molar-refractivity contribution in [2.75, 3.05) is 13.2 Å². The highest BCUT2D eigenvalue weighted by Gasteiger charge is 2.11. The zero-order valence-electron chi connectivity index (χ0n) is 21.4. The Morgan fingerprint density at radius 2 is 1.00 bits per heavy atom. The topological polar surface area (TPSA) is 105 Å². The molecule has 8 nitrogen and oxygen atoms in total. The summed E-state index contributed by atoms with van der Waals surface area (Å²) in [5.41, 5.74) is 2.50. The smallest absolute Gasteiger partial charge is 0.269 e. The van der Waals surface area contributed by atoms with Gasteiger partial charge in [-0.3, -0.25) is 20.2 Å². The molecule has 0 aromatic heterocycles. The second-order valence-corrected chi connectivity index (χ2v) is 8.36. The molecule has 0 heterocycles. The zero-order valence-corrected chi connectivity index (χ0v) is 21.4. The number of rotatable bonds is 10. The van der Waals surface area contributed by atoms with Crippen molar-refractivity contribution in [3.63, 3.8) is 0 Å². The fraction of sp³-hybridized carbons (Fsp3) is 0.267. The lowest BCUT2D eigenvalue weighted by Crippen LogP contribution is -2.03. The molecule has 0 spiro atoms. The average molecular weight is 513 g/mol. The molecule has 0 aliphatic carbocycles. The van der Waals surface area contributed by atoms with Gasteiger partial charge in [-0.05, 0) is 37.1 Å². The van der Waals surface area contributed by atoms with Crippen LogP contribution in [-0.2, 0) is 0 Å². The summed E-state index contributed by atoms with van der Waals surface area (Å²) in [6.07, 6.45) is 3.67. The Kier molecular flexibility index (Phi) is 10.3. The van der Waals surface area contributed by atoms with Gasteiger partial charge in [-0.15, -0.1) is 0 Å². The van der Waals surface area contributed by atoms with E-state index in [1.54, 1.807) is 36.4 Å². The van der Waals surface area contributed by atoms with Crippen LogP contribution in [0.2, 0.25) is 0 Å². The minimum Gasteiger partial charge on any atom is -0.492 e. The molecule has 0 atom stereocenters. The van der Waals surface area contributed by atoms with Gasteiger partial charge in [-0.25, -0.2) is 0 Å². The lowest BCUT2D eigenvalue weighted by atomic mass is 10.1. The van der Waals surface area contributed by atoms with Crippen LogP contribution in [0, 0.1) is 43.9 Å². The van der Waals surface area contributed by atoms with Crippen molar-refractivity contribution in [3.8, 4) is 35.2 Å². The molecule has 194 valence electrons. The molecule has 0 aliphatic rings. The maximum atomic E-state index is 10.9. The van der Waals surface area contributed by atoms with Crippen LogP contribution in [0.1, 0.15) is 61.8 Å². The van der Waals surface area contributed by atoms with Gasteiger partial charge >= 0.3 is 0 Å². The number of non-ortho nitro benzene ring substituents is 2. The molecule has 0 saturated carbocycles. The first-order valence-corrected chi connectivity index (χ1v) is 12.4. The van der Waals surface area contributed by atoms with Crippen LogP contribution >= 0.6 is 0 Å². The lowest BCUT2D eigenvalue weighted by molar-refractivity contribution is -0.385. The average Bonchev–Trinajstić information content (AvgIpc) is 2.92. The Hall–Kier alpha value is -4.82. The molecule has 3 aromatic rings. The van der Waals surface area contributed by atoms with E-state index in [0.29, 0.717) is 47.0 Å². The molecule has 3 rings (SSSR count).